The summed E-state index contributed by atoms with van der Waals surface area (Å²) in [7, 11) is 0. The minimum Gasteiger partial charge on any atom is -0.369 e. The molecule has 0 aliphatic carbocycles. The van der Waals surface area contributed by atoms with E-state index < -0.39 is 0 Å². The minimum atomic E-state index is 0.767. The van der Waals surface area contributed by atoms with E-state index in [9.17, 15) is 0 Å². The summed E-state index contributed by atoms with van der Waals surface area (Å²) in [6, 6.07) is 2.00. The second-order valence-electron chi connectivity index (χ2n) is 5.02. The topological polar surface area (TPSA) is 50.7 Å². The van der Waals surface area contributed by atoms with Crippen LogP contribution in [-0.2, 0) is 6.42 Å². The maximum Gasteiger partial charge on any atom is 0.163 e. The molecule has 4 nitrogen and oxygen atoms in total. The molecule has 1 N–H and O–H groups in total. The predicted molar refractivity (Wildman–Crippen MR) is 95.5 cm³/mol. The Morgan fingerprint density at radius 2 is 2.00 bits per heavy atom. The first-order chi connectivity index (χ1) is 10.2. The molecule has 0 spiro atoms. The molecule has 21 heavy (non-hydrogen) atoms. The first-order valence-electron chi connectivity index (χ1n) is 7.38. The van der Waals surface area contributed by atoms with Crippen molar-refractivity contribution in [2.24, 2.45) is 0 Å². The van der Waals surface area contributed by atoms with E-state index >= 15 is 0 Å². The van der Waals surface area contributed by atoms with Crippen LogP contribution >= 0.6 is 22.6 Å². The lowest BCUT2D eigenvalue weighted by atomic mass is 10.1. The van der Waals surface area contributed by atoms with Gasteiger partial charge in [-0.3, -0.25) is 4.98 Å². The Kier molecular flexibility index (Phi) is 5.90. The van der Waals surface area contributed by atoms with E-state index in [-0.39, 0.29) is 0 Å². The van der Waals surface area contributed by atoms with Gasteiger partial charge >= 0.3 is 0 Å². The van der Waals surface area contributed by atoms with Crippen molar-refractivity contribution in [1.29, 1.82) is 0 Å². The Hall–Kier alpha value is -1.24. The van der Waals surface area contributed by atoms with Crippen molar-refractivity contribution in [1.82, 2.24) is 15.0 Å². The van der Waals surface area contributed by atoms with Crippen molar-refractivity contribution in [2.45, 2.75) is 40.0 Å². The Balaban J connectivity index is 2.50. The number of hydrogen-bond donors (Lipinski definition) is 1. The van der Waals surface area contributed by atoms with Crippen molar-refractivity contribution in [3.8, 4) is 11.4 Å². The summed E-state index contributed by atoms with van der Waals surface area (Å²) in [4.78, 5) is 13.7. The average molecular weight is 396 g/mol. The number of aryl methyl sites for hydroxylation is 2. The average Bonchev–Trinajstić information content (AvgIpc) is 2.49. The number of nitrogens with zero attached hydrogens (tertiary/aromatic N) is 3. The highest BCUT2D eigenvalue weighted by Gasteiger charge is 2.14. The molecule has 2 aromatic rings. The highest BCUT2D eigenvalue weighted by atomic mass is 127. The van der Waals surface area contributed by atoms with Crippen molar-refractivity contribution < 1.29 is 0 Å². The number of pyridine rings is 1. The van der Waals surface area contributed by atoms with Crippen LogP contribution in [0.3, 0.4) is 0 Å². The third-order valence-electron chi connectivity index (χ3n) is 3.23. The van der Waals surface area contributed by atoms with Crippen LogP contribution in [0.2, 0.25) is 0 Å². The van der Waals surface area contributed by atoms with Crippen molar-refractivity contribution >= 4 is 28.4 Å². The fraction of sp³-hybridized carbons (Fsp3) is 0.438. The molecular weight excluding hydrogens is 375 g/mol. The summed E-state index contributed by atoms with van der Waals surface area (Å²) in [5.74, 6) is 1.71. The summed E-state index contributed by atoms with van der Waals surface area (Å²) in [6.07, 6.45) is 6.76. The second kappa shape index (κ2) is 7.68. The number of halogens is 1. The summed E-state index contributed by atoms with van der Waals surface area (Å²) in [5.41, 5.74) is 3.27. The van der Waals surface area contributed by atoms with E-state index in [1.54, 1.807) is 6.20 Å². The molecule has 0 aromatic carbocycles. The molecule has 0 saturated heterocycles. The lowest BCUT2D eigenvalue weighted by molar-refractivity contribution is 0.863. The van der Waals surface area contributed by atoms with Crippen LogP contribution in [0.15, 0.2) is 18.5 Å². The minimum absolute atomic E-state index is 0.767. The highest BCUT2D eigenvalue weighted by molar-refractivity contribution is 14.1. The van der Waals surface area contributed by atoms with Crippen LogP contribution < -0.4 is 5.32 Å². The predicted octanol–water partition coefficient (Wildman–Crippen LogP) is 4.23. The van der Waals surface area contributed by atoms with E-state index in [0.29, 0.717) is 0 Å². The van der Waals surface area contributed by atoms with Crippen molar-refractivity contribution in [2.75, 3.05) is 11.9 Å². The van der Waals surface area contributed by atoms with E-state index in [2.05, 4.69) is 53.7 Å². The largest absolute Gasteiger partial charge is 0.369 e. The SMILES string of the molecule is CCCNc1nc(-c2cnccc2C)nc(CCC)c1I. The molecule has 0 fully saturated rings. The third-order valence-corrected chi connectivity index (χ3v) is 4.36. The highest BCUT2D eigenvalue weighted by Crippen LogP contribution is 2.26. The lowest BCUT2D eigenvalue weighted by Gasteiger charge is -2.13. The van der Waals surface area contributed by atoms with Gasteiger partial charge in [0.05, 0.1) is 9.26 Å². The van der Waals surface area contributed by atoms with E-state index in [1.165, 1.54) is 0 Å². The molecule has 0 amide bonds. The number of nitrogens with one attached hydrogen (secondary N) is 1. The smallest absolute Gasteiger partial charge is 0.163 e. The van der Waals surface area contributed by atoms with Crippen LogP contribution in [0.25, 0.3) is 11.4 Å². The monoisotopic (exact) mass is 396 g/mol. The molecule has 2 aromatic heterocycles. The summed E-state index contributed by atoms with van der Waals surface area (Å²) >= 11 is 2.35. The molecule has 0 aliphatic heterocycles. The Bertz CT molecular complexity index is 613. The van der Waals surface area contributed by atoms with Gasteiger partial charge in [-0.15, -0.1) is 0 Å². The Labute approximate surface area is 140 Å². The van der Waals surface area contributed by atoms with Gasteiger partial charge in [0.25, 0.3) is 0 Å². The molecule has 2 rings (SSSR count). The maximum atomic E-state index is 4.76. The van der Waals surface area contributed by atoms with Crippen LogP contribution in [0.4, 0.5) is 5.82 Å². The number of anilines is 1. The fourth-order valence-electron chi connectivity index (χ4n) is 2.08. The maximum absolute atomic E-state index is 4.76. The van der Waals surface area contributed by atoms with Crippen LogP contribution in [-0.4, -0.2) is 21.5 Å². The summed E-state index contributed by atoms with van der Waals surface area (Å²) in [6.45, 7) is 7.31. The molecule has 0 saturated carbocycles. The quantitative estimate of drug-likeness (QED) is 0.743. The third kappa shape index (κ3) is 3.90. The molecule has 5 heteroatoms. The zero-order valence-corrected chi connectivity index (χ0v) is 14.9. The normalized spacial score (nSPS) is 10.7. The first kappa shape index (κ1) is 16.1. The standard InChI is InChI=1S/C16H21IN4/c1-4-6-13-14(17)16(19-8-5-2)21-15(20-13)12-10-18-9-7-11(12)3/h7,9-10H,4-6,8H2,1-3H3,(H,19,20,21). The van der Waals surface area contributed by atoms with Gasteiger partial charge in [0, 0.05) is 24.5 Å². The van der Waals surface area contributed by atoms with Crippen molar-refractivity contribution in [3.63, 3.8) is 0 Å². The van der Waals surface area contributed by atoms with Crippen molar-refractivity contribution in [3.05, 3.63) is 33.3 Å². The van der Waals surface area contributed by atoms with Gasteiger partial charge in [-0.25, -0.2) is 9.97 Å². The fourth-order valence-corrected chi connectivity index (χ4v) is 2.78. The molecule has 0 aliphatic rings. The first-order valence-corrected chi connectivity index (χ1v) is 8.46. The van der Waals surface area contributed by atoms with Gasteiger partial charge in [-0.05, 0) is 54.0 Å². The van der Waals surface area contributed by atoms with Gasteiger partial charge in [-0.1, -0.05) is 20.3 Å². The molecule has 2 heterocycles. The summed E-state index contributed by atoms with van der Waals surface area (Å²) < 4.78 is 1.13. The van der Waals surface area contributed by atoms with Crippen LogP contribution in [0.5, 0.6) is 0 Å². The van der Waals surface area contributed by atoms with Gasteiger partial charge in [-0.2, -0.15) is 0 Å². The number of rotatable bonds is 6. The molecule has 0 bridgehead atoms. The molecule has 112 valence electrons. The van der Waals surface area contributed by atoms with Crippen LogP contribution in [0, 0.1) is 10.5 Å². The number of hydrogen-bond acceptors (Lipinski definition) is 4. The van der Waals surface area contributed by atoms with Crippen LogP contribution in [0.1, 0.15) is 37.9 Å². The second-order valence-corrected chi connectivity index (χ2v) is 6.10. The van der Waals surface area contributed by atoms with E-state index in [4.69, 9.17) is 9.97 Å². The molecule has 0 unspecified atom stereocenters. The lowest BCUT2D eigenvalue weighted by Crippen LogP contribution is -2.09. The van der Waals surface area contributed by atoms with Gasteiger partial charge in [0.15, 0.2) is 5.82 Å². The Morgan fingerprint density at radius 1 is 1.19 bits per heavy atom. The Morgan fingerprint density at radius 3 is 2.67 bits per heavy atom. The molecule has 0 atom stereocenters. The van der Waals surface area contributed by atoms with E-state index in [0.717, 1.165) is 57.8 Å². The van der Waals surface area contributed by atoms with Gasteiger partial charge < -0.3 is 5.32 Å². The molecular formula is C16H21IN4. The van der Waals surface area contributed by atoms with Gasteiger partial charge in [0.1, 0.15) is 5.82 Å². The summed E-state index contributed by atoms with van der Waals surface area (Å²) in [5, 5.41) is 3.41. The number of aromatic nitrogens is 3. The van der Waals surface area contributed by atoms with E-state index in [1.807, 2.05) is 12.3 Å². The van der Waals surface area contributed by atoms with Gasteiger partial charge in [0.2, 0.25) is 0 Å². The zero-order chi connectivity index (χ0) is 15.2. The zero-order valence-electron chi connectivity index (χ0n) is 12.8. The molecule has 0 radical (unpaired) electrons.